The third kappa shape index (κ3) is 2.88. The lowest BCUT2D eigenvalue weighted by Crippen LogP contribution is -2.33. The minimum Gasteiger partial charge on any atom is -0.354 e. The molecule has 0 unspecified atom stereocenters. The lowest BCUT2D eigenvalue weighted by molar-refractivity contribution is 0.0750. The quantitative estimate of drug-likeness (QED) is 0.882. The van der Waals surface area contributed by atoms with Crippen molar-refractivity contribution in [3.8, 4) is 11.1 Å². The molecule has 3 nitrogen and oxygen atoms in total. The van der Waals surface area contributed by atoms with Gasteiger partial charge < -0.3 is 9.88 Å². The maximum absolute atomic E-state index is 14.3. The zero-order valence-corrected chi connectivity index (χ0v) is 14.2. The second-order valence-electron chi connectivity index (χ2n) is 5.76. The van der Waals surface area contributed by atoms with E-state index in [-0.39, 0.29) is 11.9 Å². The molecule has 2 aromatic rings. The number of carbonyl (C=O) groups is 1. The van der Waals surface area contributed by atoms with Crippen LogP contribution in [0.2, 0.25) is 5.02 Å². The van der Waals surface area contributed by atoms with E-state index in [0.717, 1.165) is 11.3 Å². The van der Waals surface area contributed by atoms with Gasteiger partial charge in [0.05, 0.1) is 0 Å². The normalized spacial score (nSPS) is 11.1. The molecule has 0 saturated carbocycles. The van der Waals surface area contributed by atoms with Crippen molar-refractivity contribution in [2.75, 3.05) is 7.05 Å². The molecule has 0 saturated heterocycles. The van der Waals surface area contributed by atoms with Crippen LogP contribution in [0.25, 0.3) is 11.1 Å². The zero-order chi connectivity index (χ0) is 16.6. The minimum atomic E-state index is -0.434. The fourth-order valence-electron chi connectivity index (χ4n) is 2.32. The smallest absolute Gasteiger partial charge is 0.270 e. The summed E-state index contributed by atoms with van der Waals surface area (Å²) in [6, 6.07) is 4.56. The molecule has 1 N–H and O–H groups in total. The van der Waals surface area contributed by atoms with Gasteiger partial charge in [-0.05, 0) is 51.5 Å². The topological polar surface area (TPSA) is 36.1 Å². The van der Waals surface area contributed by atoms with Crippen LogP contribution in [0.4, 0.5) is 4.39 Å². The van der Waals surface area contributed by atoms with Crippen LogP contribution in [0.5, 0.6) is 0 Å². The molecular weight excluding hydrogens is 303 g/mol. The molecule has 0 radical (unpaired) electrons. The van der Waals surface area contributed by atoms with Gasteiger partial charge in [-0.2, -0.15) is 0 Å². The van der Waals surface area contributed by atoms with E-state index in [2.05, 4.69) is 4.98 Å². The molecule has 1 aromatic carbocycles. The Labute approximate surface area is 135 Å². The van der Waals surface area contributed by atoms with Crippen LogP contribution < -0.4 is 0 Å². The maximum Gasteiger partial charge on any atom is 0.270 e. The highest BCUT2D eigenvalue weighted by Crippen LogP contribution is 2.33. The van der Waals surface area contributed by atoms with E-state index < -0.39 is 5.82 Å². The number of aromatic nitrogens is 1. The highest BCUT2D eigenvalue weighted by atomic mass is 35.5. The Morgan fingerprint density at radius 3 is 2.50 bits per heavy atom. The van der Waals surface area contributed by atoms with Gasteiger partial charge in [0.1, 0.15) is 11.5 Å². The van der Waals surface area contributed by atoms with Gasteiger partial charge in [0, 0.05) is 34.9 Å². The molecule has 22 heavy (non-hydrogen) atoms. The molecule has 118 valence electrons. The molecule has 1 amide bonds. The number of H-pyrrole nitrogens is 1. The van der Waals surface area contributed by atoms with Gasteiger partial charge in [-0.25, -0.2) is 4.39 Å². The van der Waals surface area contributed by atoms with E-state index in [0.29, 0.717) is 21.8 Å². The lowest BCUT2D eigenvalue weighted by Gasteiger charge is -2.21. The van der Waals surface area contributed by atoms with Crippen LogP contribution in [0.15, 0.2) is 18.2 Å². The van der Waals surface area contributed by atoms with Crippen LogP contribution in [-0.2, 0) is 0 Å². The van der Waals surface area contributed by atoms with Crippen molar-refractivity contribution in [2.24, 2.45) is 0 Å². The van der Waals surface area contributed by atoms with Gasteiger partial charge in [-0.1, -0.05) is 11.6 Å². The van der Waals surface area contributed by atoms with Crippen molar-refractivity contribution in [1.29, 1.82) is 0 Å². The number of hydrogen-bond acceptors (Lipinski definition) is 1. The Morgan fingerprint density at radius 1 is 1.32 bits per heavy atom. The highest BCUT2D eigenvalue weighted by molar-refractivity contribution is 6.30. The number of nitrogens with zero attached hydrogens (tertiary/aromatic N) is 1. The van der Waals surface area contributed by atoms with E-state index in [1.807, 2.05) is 27.7 Å². The van der Waals surface area contributed by atoms with Crippen LogP contribution in [0.3, 0.4) is 0 Å². The average molecular weight is 323 g/mol. The summed E-state index contributed by atoms with van der Waals surface area (Å²) in [6.07, 6.45) is 0. The summed E-state index contributed by atoms with van der Waals surface area (Å²) in [4.78, 5) is 17.4. The summed E-state index contributed by atoms with van der Waals surface area (Å²) in [7, 11) is 1.74. The lowest BCUT2D eigenvalue weighted by atomic mass is 10.00. The number of nitrogens with one attached hydrogen (secondary N) is 1. The molecule has 1 heterocycles. The van der Waals surface area contributed by atoms with Crippen molar-refractivity contribution in [3.05, 3.63) is 46.0 Å². The predicted octanol–water partition coefficient (Wildman–Crippen LogP) is 4.57. The standard InChI is InChI=1S/C17H20ClFN2O/c1-9(2)21(5)17(22)16-15(10(3)11(4)20-16)13-7-6-12(18)8-14(13)19/h6-9,20H,1-5H3. The molecule has 5 heteroatoms. The Bertz CT molecular complexity index is 722. The van der Waals surface area contributed by atoms with E-state index in [9.17, 15) is 9.18 Å². The molecule has 0 spiro atoms. The van der Waals surface area contributed by atoms with Crippen LogP contribution in [-0.4, -0.2) is 28.9 Å². The number of carbonyl (C=O) groups excluding carboxylic acids is 1. The molecule has 0 aliphatic carbocycles. The van der Waals surface area contributed by atoms with E-state index in [1.165, 1.54) is 6.07 Å². The number of aryl methyl sites for hydroxylation is 1. The number of benzene rings is 1. The minimum absolute atomic E-state index is 0.0549. The van der Waals surface area contributed by atoms with Gasteiger partial charge in [-0.3, -0.25) is 4.79 Å². The van der Waals surface area contributed by atoms with Crippen molar-refractivity contribution < 1.29 is 9.18 Å². The van der Waals surface area contributed by atoms with Gasteiger partial charge >= 0.3 is 0 Å². The van der Waals surface area contributed by atoms with Gasteiger partial charge in [0.2, 0.25) is 0 Å². The van der Waals surface area contributed by atoms with Gasteiger partial charge in [0.25, 0.3) is 5.91 Å². The second-order valence-corrected chi connectivity index (χ2v) is 6.20. The average Bonchev–Trinajstić information content (AvgIpc) is 2.74. The van der Waals surface area contributed by atoms with E-state index in [4.69, 9.17) is 11.6 Å². The molecule has 1 aromatic heterocycles. The van der Waals surface area contributed by atoms with Crippen molar-refractivity contribution >= 4 is 17.5 Å². The molecule has 0 bridgehead atoms. The Morgan fingerprint density at radius 2 is 1.95 bits per heavy atom. The van der Waals surface area contributed by atoms with Crippen LogP contribution >= 0.6 is 11.6 Å². The van der Waals surface area contributed by atoms with Crippen molar-refractivity contribution in [1.82, 2.24) is 9.88 Å². The van der Waals surface area contributed by atoms with Crippen LogP contribution in [0.1, 0.15) is 35.6 Å². The molecule has 0 atom stereocenters. The second kappa shape index (κ2) is 6.13. The number of hydrogen-bond donors (Lipinski definition) is 1. The third-order valence-corrected chi connectivity index (χ3v) is 4.24. The Balaban J connectivity index is 2.63. The summed E-state index contributed by atoms with van der Waals surface area (Å²) in [5.41, 5.74) is 3.11. The molecular formula is C17H20ClFN2O. The molecule has 2 rings (SSSR count). The third-order valence-electron chi connectivity index (χ3n) is 4.01. The predicted molar refractivity (Wildman–Crippen MR) is 87.9 cm³/mol. The number of amides is 1. The maximum atomic E-state index is 14.3. The summed E-state index contributed by atoms with van der Waals surface area (Å²) < 4.78 is 14.3. The fraction of sp³-hybridized carbons (Fsp3) is 0.353. The largest absolute Gasteiger partial charge is 0.354 e. The highest BCUT2D eigenvalue weighted by Gasteiger charge is 2.25. The summed E-state index contributed by atoms with van der Waals surface area (Å²) in [5.74, 6) is -0.591. The molecule has 0 aliphatic rings. The Hall–Kier alpha value is -1.81. The summed E-state index contributed by atoms with van der Waals surface area (Å²) in [5, 5.41) is 0.332. The van der Waals surface area contributed by atoms with E-state index >= 15 is 0 Å². The van der Waals surface area contributed by atoms with Gasteiger partial charge in [-0.15, -0.1) is 0 Å². The number of rotatable bonds is 3. The first kappa shape index (κ1) is 16.6. The van der Waals surface area contributed by atoms with Crippen LogP contribution in [0, 0.1) is 19.7 Å². The first-order chi connectivity index (χ1) is 10.2. The Kier molecular flexibility index (Phi) is 4.61. The monoisotopic (exact) mass is 322 g/mol. The molecule has 0 aliphatic heterocycles. The summed E-state index contributed by atoms with van der Waals surface area (Å²) >= 11 is 5.82. The van der Waals surface area contributed by atoms with Crippen molar-refractivity contribution in [3.63, 3.8) is 0 Å². The van der Waals surface area contributed by atoms with Crippen molar-refractivity contribution in [2.45, 2.75) is 33.7 Å². The number of halogens is 2. The fourth-order valence-corrected chi connectivity index (χ4v) is 2.48. The zero-order valence-electron chi connectivity index (χ0n) is 13.4. The first-order valence-corrected chi connectivity index (χ1v) is 7.53. The number of aromatic amines is 1. The van der Waals surface area contributed by atoms with Gasteiger partial charge in [0.15, 0.2) is 0 Å². The SMILES string of the molecule is Cc1[nH]c(C(=O)N(C)C(C)C)c(-c2ccc(Cl)cc2F)c1C. The first-order valence-electron chi connectivity index (χ1n) is 7.15. The molecule has 0 fully saturated rings. The van der Waals surface area contributed by atoms with E-state index in [1.54, 1.807) is 24.1 Å². The summed E-state index contributed by atoms with van der Waals surface area (Å²) in [6.45, 7) is 7.62.